The molecule has 8 nitrogen and oxygen atoms in total. The fourth-order valence-electron chi connectivity index (χ4n) is 1.60. The molecule has 0 radical (unpaired) electrons. The molecule has 0 aromatic carbocycles. The number of carboxylic acid groups (broad SMARTS) is 1. The minimum Gasteiger partial charge on any atom is -0.481 e. The first kappa shape index (κ1) is 17.4. The third-order valence-electron chi connectivity index (χ3n) is 2.24. The highest BCUT2D eigenvalue weighted by Gasteiger charge is 2.24. The fraction of sp³-hybridized carbons (Fsp3) is 0.545. The summed E-state index contributed by atoms with van der Waals surface area (Å²) in [5, 5.41) is 13.1. The molecule has 1 heterocycles. The van der Waals surface area contributed by atoms with Crippen LogP contribution in [0.1, 0.15) is 26.0 Å². The van der Waals surface area contributed by atoms with Crippen LogP contribution in [0.15, 0.2) is 5.38 Å². The van der Waals surface area contributed by atoms with Crippen molar-refractivity contribution in [3.63, 3.8) is 0 Å². The van der Waals surface area contributed by atoms with Crippen LogP contribution in [0.2, 0.25) is 0 Å². The van der Waals surface area contributed by atoms with Gasteiger partial charge in [-0.3, -0.25) is 14.3 Å². The van der Waals surface area contributed by atoms with Gasteiger partial charge < -0.3 is 10.4 Å². The first-order valence-electron chi connectivity index (χ1n) is 5.92. The summed E-state index contributed by atoms with van der Waals surface area (Å²) in [5.74, 6) is -1.38. The molecule has 0 saturated carbocycles. The quantitative estimate of drug-likeness (QED) is 0.663. The standard InChI is InChI=1S/C11H17N3O5S2/c1-11(2,5-9(16)17)13-8(15)4-7-6-20-10(12-7)14-21(3,18)19/h6H,4-5H2,1-3H3,(H,12,14)(H,13,15)(H,16,17). The van der Waals surface area contributed by atoms with Gasteiger partial charge in [0.2, 0.25) is 15.9 Å². The molecule has 0 spiro atoms. The lowest BCUT2D eigenvalue weighted by atomic mass is 10.0. The van der Waals surface area contributed by atoms with Gasteiger partial charge in [-0.2, -0.15) is 0 Å². The maximum absolute atomic E-state index is 11.8. The number of rotatable bonds is 7. The predicted molar refractivity (Wildman–Crippen MR) is 78.8 cm³/mol. The van der Waals surface area contributed by atoms with E-state index in [0.29, 0.717) is 5.69 Å². The summed E-state index contributed by atoms with van der Waals surface area (Å²) in [6.07, 6.45) is 0.761. The molecule has 0 aliphatic carbocycles. The summed E-state index contributed by atoms with van der Waals surface area (Å²) < 4.78 is 24.3. The number of sulfonamides is 1. The van der Waals surface area contributed by atoms with E-state index in [1.807, 2.05) is 0 Å². The van der Waals surface area contributed by atoms with Crippen molar-refractivity contribution < 1.29 is 23.1 Å². The third kappa shape index (κ3) is 7.04. The summed E-state index contributed by atoms with van der Waals surface area (Å²) in [6, 6.07) is 0. The summed E-state index contributed by atoms with van der Waals surface area (Å²) >= 11 is 1.07. The van der Waals surface area contributed by atoms with Crippen LogP contribution in [0.4, 0.5) is 5.13 Å². The number of carbonyl (C=O) groups is 2. The molecule has 0 aliphatic heterocycles. The molecule has 0 atom stereocenters. The molecular formula is C11H17N3O5S2. The topological polar surface area (TPSA) is 125 Å². The number of hydrogen-bond donors (Lipinski definition) is 3. The Hall–Kier alpha value is -1.68. The van der Waals surface area contributed by atoms with E-state index < -0.39 is 21.5 Å². The van der Waals surface area contributed by atoms with E-state index in [-0.39, 0.29) is 23.9 Å². The van der Waals surface area contributed by atoms with E-state index in [9.17, 15) is 18.0 Å². The molecule has 0 fully saturated rings. The second-order valence-corrected chi connectivity index (χ2v) is 7.80. The SMILES string of the molecule is CC(C)(CC(=O)O)NC(=O)Cc1csc(NS(C)(=O)=O)n1. The van der Waals surface area contributed by atoms with Gasteiger partial charge in [-0.25, -0.2) is 13.4 Å². The van der Waals surface area contributed by atoms with E-state index >= 15 is 0 Å². The number of anilines is 1. The van der Waals surface area contributed by atoms with Crippen LogP contribution in [0.25, 0.3) is 0 Å². The van der Waals surface area contributed by atoms with Crippen molar-refractivity contribution >= 4 is 38.4 Å². The smallest absolute Gasteiger partial charge is 0.305 e. The number of hydrogen-bond acceptors (Lipinski definition) is 6. The molecule has 10 heteroatoms. The average Bonchev–Trinajstić information content (AvgIpc) is 2.58. The number of nitrogens with one attached hydrogen (secondary N) is 2. The Labute approximate surface area is 126 Å². The maximum Gasteiger partial charge on any atom is 0.305 e. The van der Waals surface area contributed by atoms with Crippen molar-refractivity contribution in [3.05, 3.63) is 11.1 Å². The van der Waals surface area contributed by atoms with Crippen LogP contribution < -0.4 is 10.0 Å². The van der Waals surface area contributed by atoms with Gasteiger partial charge >= 0.3 is 5.97 Å². The van der Waals surface area contributed by atoms with Crippen LogP contribution in [-0.4, -0.2) is 42.2 Å². The van der Waals surface area contributed by atoms with Gasteiger partial charge in [0.25, 0.3) is 0 Å². The summed E-state index contributed by atoms with van der Waals surface area (Å²) in [5.41, 5.74) is -0.456. The lowest BCUT2D eigenvalue weighted by Crippen LogP contribution is -2.45. The Morgan fingerprint density at radius 3 is 2.57 bits per heavy atom. The lowest BCUT2D eigenvalue weighted by molar-refractivity contribution is -0.138. The third-order valence-corrected chi connectivity index (χ3v) is 3.74. The van der Waals surface area contributed by atoms with Crippen LogP contribution in [0.5, 0.6) is 0 Å². The average molecular weight is 335 g/mol. The number of amides is 1. The first-order chi connectivity index (χ1) is 9.47. The van der Waals surface area contributed by atoms with Crippen LogP contribution in [0, 0.1) is 0 Å². The Bertz CT molecular complexity index is 636. The van der Waals surface area contributed by atoms with E-state index in [0.717, 1.165) is 17.6 Å². The predicted octanol–water partition coefficient (Wildman–Crippen LogP) is 0.427. The highest BCUT2D eigenvalue weighted by molar-refractivity contribution is 7.92. The zero-order valence-electron chi connectivity index (χ0n) is 11.8. The van der Waals surface area contributed by atoms with Gasteiger partial charge in [0.15, 0.2) is 5.13 Å². The van der Waals surface area contributed by atoms with E-state index in [1.165, 1.54) is 0 Å². The van der Waals surface area contributed by atoms with Crippen molar-refractivity contribution in [1.82, 2.24) is 10.3 Å². The molecule has 0 unspecified atom stereocenters. The van der Waals surface area contributed by atoms with E-state index in [1.54, 1.807) is 19.2 Å². The summed E-state index contributed by atoms with van der Waals surface area (Å²) in [6.45, 7) is 3.22. The van der Waals surface area contributed by atoms with Crippen molar-refractivity contribution in [1.29, 1.82) is 0 Å². The number of carbonyl (C=O) groups excluding carboxylic acids is 1. The van der Waals surface area contributed by atoms with Crippen molar-refractivity contribution in [3.8, 4) is 0 Å². The van der Waals surface area contributed by atoms with Gasteiger partial charge in [0, 0.05) is 10.9 Å². The van der Waals surface area contributed by atoms with E-state index in [4.69, 9.17) is 5.11 Å². The molecule has 1 aromatic heterocycles. The number of thiazole rings is 1. The second-order valence-electron chi connectivity index (χ2n) is 5.20. The Morgan fingerprint density at radius 2 is 2.05 bits per heavy atom. The van der Waals surface area contributed by atoms with Gasteiger partial charge in [-0.1, -0.05) is 0 Å². The zero-order valence-corrected chi connectivity index (χ0v) is 13.5. The van der Waals surface area contributed by atoms with Gasteiger partial charge in [0.1, 0.15) is 0 Å². The zero-order chi connectivity index (χ0) is 16.3. The minimum atomic E-state index is -3.40. The molecule has 3 N–H and O–H groups in total. The van der Waals surface area contributed by atoms with Crippen LogP contribution in [0.3, 0.4) is 0 Å². The normalized spacial score (nSPS) is 12.0. The second kappa shape index (κ2) is 6.39. The summed E-state index contributed by atoms with van der Waals surface area (Å²) in [7, 11) is -3.40. The highest BCUT2D eigenvalue weighted by atomic mass is 32.2. The molecule has 0 bridgehead atoms. The van der Waals surface area contributed by atoms with E-state index in [2.05, 4.69) is 15.0 Å². The minimum absolute atomic E-state index is 0.0506. The van der Waals surface area contributed by atoms with Crippen molar-refractivity contribution in [2.45, 2.75) is 32.2 Å². The fourth-order valence-corrected chi connectivity index (χ4v) is 3.17. The molecule has 118 valence electrons. The molecule has 0 saturated heterocycles. The number of aliphatic carboxylic acids is 1. The monoisotopic (exact) mass is 335 g/mol. The van der Waals surface area contributed by atoms with Gasteiger partial charge in [0.05, 0.1) is 24.8 Å². The molecule has 0 aliphatic rings. The molecular weight excluding hydrogens is 318 g/mol. The molecule has 1 rings (SSSR count). The highest BCUT2D eigenvalue weighted by Crippen LogP contribution is 2.17. The van der Waals surface area contributed by atoms with Gasteiger partial charge in [-0.15, -0.1) is 11.3 Å². The van der Waals surface area contributed by atoms with Crippen LogP contribution >= 0.6 is 11.3 Å². The lowest BCUT2D eigenvalue weighted by Gasteiger charge is -2.23. The first-order valence-corrected chi connectivity index (χ1v) is 8.69. The Balaban J connectivity index is 2.61. The molecule has 1 aromatic rings. The summed E-state index contributed by atoms with van der Waals surface area (Å²) in [4.78, 5) is 26.5. The van der Waals surface area contributed by atoms with Crippen molar-refractivity contribution in [2.24, 2.45) is 0 Å². The largest absolute Gasteiger partial charge is 0.481 e. The van der Waals surface area contributed by atoms with Crippen LogP contribution in [-0.2, 0) is 26.0 Å². The molecule has 21 heavy (non-hydrogen) atoms. The van der Waals surface area contributed by atoms with Gasteiger partial charge in [-0.05, 0) is 13.8 Å². The van der Waals surface area contributed by atoms with Crippen molar-refractivity contribution in [2.75, 3.05) is 11.0 Å². The number of aromatic nitrogens is 1. The Morgan fingerprint density at radius 1 is 1.43 bits per heavy atom. The Kier molecular flexibility index (Phi) is 5.29. The molecule has 1 amide bonds. The number of carboxylic acids is 1. The number of nitrogens with zero attached hydrogens (tertiary/aromatic N) is 1. The maximum atomic E-state index is 11.8.